The molecule has 1 amide bonds. The van der Waals surface area contributed by atoms with Gasteiger partial charge in [0.25, 0.3) is 5.91 Å². The number of aromatic nitrogens is 2. The summed E-state index contributed by atoms with van der Waals surface area (Å²) < 4.78 is 5.24. The van der Waals surface area contributed by atoms with Crippen LogP contribution in [0.4, 0.5) is 11.6 Å². The minimum Gasteiger partial charge on any atom is -0.495 e. The second-order valence-electron chi connectivity index (χ2n) is 6.43. The van der Waals surface area contributed by atoms with E-state index >= 15 is 0 Å². The molecule has 2 aromatic rings. The van der Waals surface area contributed by atoms with Gasteiger partial charge in [-0.25, -0.2) is 9.97 Å². The topological polar surface area (TPSA) is 76.1 Å². The van der Waals surface area contributed by atoms with Gasteiger partial charge in [-0.05, 0) is 31.0 Å². The number of nitrogens with zero attached hydrogens (tertiary/aromatic N) is 2. The Morgan fingerprint density at radius 1 is 1.15 bits per heavy atom. The molecule has 1 aromatic heterocycles. The van der Waals surface area contributed by atoms with E-state index in [1.165, 1.54) is 45.2 Å². The molecule has 0 unspecified atom stereocenters. The summed E-state index contributed by atoms with van der Waals surface area (Å²) >= 11 is 5.99. The molecule has 1 aliphatic rings. The van der Waals surface area contributed by atoms with Crippen molar-refractivity contribution in [2.24, 2.45) is 0 Å². The molecule has 1 saturated carbocycles. The summed E-state index contributed by atoms with van der Waals surface area (Å²) in [7, 11) is 1.54. The van der Waals surface area contributed by atoms with E-state index in [1.807, 2.05) is 0 Å². The lowest BCUT2D eigenvalue weighted by Crippen LogP contribution is -2.20. The Labute approximate surface area is 158 Å². The van der Waals surface area contributed by atoms with Gasteiger partial charge in [-0.3, -0.25) is 4.79 Å². The van der Waals surface area contributed by atoms with E-state index in [9.17, 15) is 4.79 Å². The third kappa shape index (κ3) is 4.85. The van der Waals surface area contributed by atoms with Gasteiger partial charge in [-0.15, -0.1) is 0 Å². The van der Waals surface area contributed by atoms with Gasteiger partial charge < -0.3 is 15.4 Å². The maximum absolute atomic E-state index is 12.4. The molecule has 1 fully saturated rings. The van der Waals surface area contributed by atoms with Crippen LogP contribution in [-0.4, -0.2) is 29.0 Å². The number of carbonyl (C=O) groups is 1. The first-order valence-corrected chi connectivity index (χ1v) is 9.27. The number of halogens is 1. The van der Waals surface area contributed by atoms with E-state index in [2.05, 4.69) is 20.6 Å². The van der Waals surface area contributed by atoms with Gasteiger partial charge >= 0.3 is 0 Å². The lowest BCUT2D eigenvalue weighted by atomic mass is 10.1. The molecular formula is C19H23ClN4O2. The smallest absolute Gasteiger partial charge is 0.258 e. The highest BCUT2D eigenvalue weighted by atomic mass is 35.5. The third-order valence-corrected chi connectivity index (χ3v) is 4.75. The number of anilines is 2. The zero-order valence-corrected chi connectivity index (χ0v) is 15.6. The summed E-state index contributed by atoms with van der Waals surface area (Å²) in [6, 6.07) is 5.45. The van der Waals surface area contributed by atoms with Crippen LogP contribution in [0.25, 0.3) is 0 Å². The molecule has 6 nitrogen and oxygen atoms in total. The highest BCUT2D eigenvalue weighted by molar-refractivity contribution is 6.31. The van der Waals surface area contributed by atoms with Crippen molar-refractivity contribution in [3.05, 3.63) is 41.2 Å². The first-order valence-electron chi connectivity index (χ1n) is 8.89. The van der Waals surface area contributed by atoms with Gasteiger partial charge in [0.1, 0.15) is 5.75 Å². The fourth-order valence-corrected chi connectivity index (χ4v) is 3.27. The summed E-state index contributed by atoms with van der Waals surface area (Å²) in [5, 5.41) is 6.66. The lowest BCUT2D eigenvalue weighted by molar-refractivity contribution is 0.102. The minimum absolute atomic E-state index is 0.313. The van der Waals surface area contributed by atoms with E-state index in [-0.39, 0.29) is 5.91 Å². The zero-order chi connectivity index (χ0) is 18.4. The summed E-state index contributed by atoms with van der Waals surface area (Å²) in [5.74, 6) is 0.788. The molecule has 0 atom stereocenters. The molecule has 0 spiro atoms. The van der Waals surface area contributed by atoms with Crippen molar-refractivity contribution in [3.63, 3.8) is 0 Å². The number of methoxy groups -OCH3 is 1. The molecule has 0 radical (unpaired) electrons. The number of ether oxygens (including phenoxy) is 1. The molecule has 7 heteroatoms. The Bertz CT molecular complexity index is 744. The monoisotopic (exact) mass is 374 g/mol. The van der Waals surface area contributed by atoms with Gasteiger partial charge in [-0.1, -0.05) is 37.3 Å². The molecule has 26 heavy (non-hydrogen) atoms. The van der Waals surface area contributed by atoms with Crippen LogP contribution in [0.15, 0.2) is 30.6 Å². The quantitative estimate of drug-likeness (QED) is 0.752. The number of hydrogen-bond acceptors (Lipinski definition) is 5. The van der Waals surface area contributed by atoms with E-state index in [0.29, 0.717) is 34.0 Å². The molecule has 3 rings (SSSR count). The van der Waals surface area contributed by atoms with Gasteiger partial charge in [0, 0.05) is 23.5 Å². The first kappa shape index (κ1) is 18.5. The summed E-state index contributed by atoms with van der Waals surface area (Å²) in [6.07, 6.45) is 10.4. The lowest BCUT2D eigenvalue weighted by Gasteiger charge is -2.16. The maximum atomic E-state index is 12.4. The Hall–Kier alpha value is -2.34. The summed E-state index contributed by atoms with van der Waals surface area (Å²) in [5.41, 5.74) is 0.879. The predicted octanol–water partition coefficient (Wildman–Crippen LogP) is 4.53. The zero-order valence-electron chi connectivity index (χ0n) is 14.8. The van der Waals surface area contributed by atoms with Gasteiger partial charge in [0.15, 0.2) is 0 Å². The number of hydrogen-bond donors (Lipinski definition) is 2. The number of amides is 1. The van der Waals surface area contributed by atoms with Crippen LogP contribution in [0.5, 0.6) is 5.75 Å². The molecule has 1 aliphatic carbocycles. The number of nitrogens with one attached hydrogen (secondary N) is 2. The van der Waals surface area contributed by atoms with Crippen molar-refractivity contribution in [2.75, 3.05) is 17.7 Å². The summed E-state index contributed by atoms with van der Waals surface area (Å²) in [4.78, 5) is 21.0. The Morgan fingerprint density at radius 3 is 2.50 bits per heavy atom. The third-order valence-electron chi connectivity index (χ3n) is 4.51. The highest BCUT2D eigenvalue weighted by Gasteiger charge is 2.15. The number of benzene rings is 1. The van der Waals surface area contributed by atoms with Crippen molar-refractivity contribution < 1.29 is 9.53 Å². The fraction of sp³-hybridized carbons (Fsp3) is 0.421. The van der Waals surface area contributed by atoms with Crippen LogP contribution < -0.4 is 15.4 Å². The van der Waals surface area contributed by atoms with Crippen LogP contribution in [0.1, 0.15) is 48.9 Å². The van der Waals surface area contributed by atoms with E-state index < -0.39 is 0 Å². The molecule has 0 saturated heterocycles. The Kier molecular flexibility index (Phi) is 6.28. The largest absolute Gasteiger partial charge is 0.495 e. The number of rotatable bonds is 5. The van der Waals surface area contributed by atoms with Crippen molar-refractivity contribution >= 4 is 29.1 Å². The predicted molar refractivity (Wildman–Crippen MR) is 103 cm³/mol. The second kappa shape index (κ2) is 8.85. The van der Waals surface area contributed by atoms with Crippen LogP contribution in [0.2, 0.25) is 5.02 Å². The van der Waals surface area contributed by atoms with Crippen LogP contribution in [-0.2, 0) is 0 Å². The Morgan fingerprint density at radius 2 is 1.85 bits per heavy atom. The van der Waals surface area contributed by atoms with Crippen LogP contribution >= 0.6 is 11.6 Å². The summed E-state index contributed by atoms with van der Waals surface area (Å²) in [6.45, 7) is 0. The molecule has 1 heterocycles. The van der Waals surface area contributed by atoms with Gasteiger partial charge in [0.05, 0.1) is 18.4 Å². The normalized spacial score (nSPS) is 15.2. The van der Waals surface area contributed by atoms with Crippen LogP contribution in [0.3, 0.4) is 0 Å². The van der Waals surface area contributed by atoms with Crippen molar-refractivity contribution in [1.82, 2.24) is 9.97 Å². The minimum atomic E-state index is -0.313. The first-order chi connectivity index (χ1) is 12.7. The van der Waals surface area contributed by atoms with E-state index in [0.717, 1.165) is 12.8 Å². The Balaban J connectivity index is 1.64. The fourth-order valence-electron chi connectivity index (χ4n) is 3.10. The van der Waals surface area contributed by atoms with Gasteiger partial charge in [-0.2, -0.15) is 0 Å². The van der Waals surface area contributed by atoms with Crippen molar-refractivity contribution in [2.45, 2.75) is 44.6 Å². The van der Waals surface area contributed by atoms with E-state index in [4.69, 9.17) is 16.3 Å². The second-order valence-corrected chi connectivity index (χ2v) is 6.86. The molecular weight excluding hydrogens is 352 g/mol. The van der Waals surface area contributed by atoms with Gasteiger partial charge in [0.2, 0.25) is 5.95 Å². The molecule has 0 bridgehead atoms. The number of carbonyl (C=O) groups excluding carboxylic acids is 1. The molecule has 1 aromatic carbocycles. The van der Waals surface area contributed by atoms with Crippen LogP contribution in [0, 0.1) is 0 Å². The molecule has 138 valence electrons. The SMILES string of the molecule is COc1ccc(Cl)cc1NC(=O)c1cnc(NC2CCCCCC2)nc1. The average molecular weight is 375 g/mol. The average Bonchev–Trinajstić information content (AvgIpc) is 2.91. The highest BCUT2D eigenvalue weighted by Crippen LogP contribution is 2.28. The molecule has 2 N–H and O–H groups in total. The molecule has 0 aliphatic heterocycles. The standard InChI is InChI=1S/C19H23ClN4O2/c1-26-17-9-8-14(20)10-16(17)24-18(25)13-11-21-19(22-12-13)23-15-6-4-2-3-5-7-15/h8-12,15H,2-7H2,1H3,(H,24,25)(H,21,22,23). The van der Waals surface area contributed by atoms with Crippen molar-refractivity contribution in [1.29, 1.82) is 0 Å². The van der Waals surface area contributed by atoms with Crippen molar-refractivity contribution in [3.8, 4) is 5.75 Å². The van der Waals surface area contributed by atoms with E-state index in [1.54, 1.807) is 18.2 Å². The maximum Gasteiger partial charge on any atom is 0.258 e.